The number of hydrogen-bond donors (Lipinski definition) is 1. The van der Waals surface area contributed by atoms with E-state index in [2.05, 4.69) is 10.3 Å². The van der Waals surface area contributed by atoms with E-state index in [1.54, 1.807) is 23.4 Å². The van der Waals surface area contributed by atoms with Gasteiger partial charge in [-0.15, -0.1) is 16.9 Å². The molecule has 0 fully saturated rings. The van der Waals surface area contributed by atoms with Crippen LogP contribution in [0.3, 0.4) is 0 Å². The Morgan fingerprint density at radius 1 is 1.41 bits per heavy atom. The molecule has 0 aliphatic carbocycles. The van der Waals surface area contributed by atoms with Crippen LogP contribution in [0.4, 0.5) is 0 Å². The first-order valence-corrected chi connectivity index (χ1v) is 6.16. The second kappa shape index (κ2) is 4.58. The fourth-order valence-corrected chi connectivity index (χ4v) is 2.14. The number of thioether (sulfide) groups is 1. The molecule has 2 aromatic rings. The van der Waals surface area contributed by atoms with Crippen LogP contribution in [0.15, 0.2) is 29.2 Å². The van der Waals surface area contributed by atoms with Crippen LogP contribution in [0.5, 0.6) is 0 Å². The molecule has 1 N–H and O–H groups in total. The number of carboxylic acids is 1. The summed E-state index contributed by atoms with van der Waals surface area (Å²) in [6.07, 6.45) is 1.96. The van der Waals surface area contributed by atoms with Gasteiger partial charge in [0.2, 0.25) is 0 Å². The predicted molar refractivity (Wildman–Crippen MR) is 64.8 cm³/mol. The van der Waals surface area contributed by atoms with E-state index in [-0.39, 0.29) is 5.69 Å². The third-order valence-corrected chi connectivity index (χ3v) is 3.20. The first-order valence-electron chi connectivity index (χ1n) is 4.94. The zero-order chi connectivity index (χ0) is 12.4. The van der Waals surface area contributed by atoms with Gasteiger partial charge < -0.3 is 5.11 Å². The van der Waals surface area contributed by atoms with E-state index in [1.807, 2.05) is 30.5 Å². The Morgan fingerprint density at radius 3 is 2.71 bits per heavy atom. The zero-order valence-electron chi connectivity index (χ0n) is 9.41. The number of rotatable bonds is 3. The van der Waals surface area contributed by atoms with Crippen molar-refractivity contribution in [2.24, 2.45) is 0 Å². The average molecular weight is 249 g/mol. The van der Waals surface area contributed by atoms with Crippen LogP contribution >= 0.6 is 11.8 Å². The molecule has 5 nitrogen and oxygen atoms in total. The molecule has 17 heavy (non-hydrogen) atoms. The van der Waals surface area contributed by atoms with Gasteiger partial charge in [-0.25, -0.2) is 9.48 Å². The Bertz CT molecular complexity index is 566. The molecule has 0 aliphatic rings. The standard InChI is InChI=1S/C11H11N3O2S/c1-7-10(11(15)16)12-13-14(7)8-5-3-4-6-9(8)17-2/h3-6H,1-2H3,(H,15,16). The summed E-state index contributed by atoms with van der Waals surface area (Å²) >= 11 is 1.58. The maximum absolute atomic E-state index is 10.9. The van der Waals surface area contributed by atoms with Crippen molar-refractivity contribution in [1.29, 1.82) is 0 Å². The monoisotopic (exact) mass is 249 g/mol. The maximum atomic E-state index is 10.9. The van der Waals surface area contributed by atoms with E-state index in [0.29, 0.717) is 5.69 Å². The summed E-state index contributed by atoms with van der Waals surface area (Å²) in [4.78, 5) is 11.9. The van der Waals surface area contributed by atoms with Crippen molar-refractivity contribution < 1.29 is 9.90 Å². The topological polar surface area (TPSA) is 68.0 Å². The molecule has 1 aromatic heterocycles. The van der Waals surface area contributed by atoms with E-state index in [4.69, 9.17) is 5.11 Å². The van der Waals surface area contributed by atoms with Crippen LogP contribution in [0, 0.1) is 6.92 Å². The second-order valence-corrected chi connectivity index (χ2v) is 4.26. The molecule has 6 heteroatoms. The molecule has 0 bridgehead atoms. The Balaban J connectivity index is 2.57. The van der Waals surface area contributed by atoms with Gasteiger partial charge in [-0.05, 0) is 25.3 Å². The second-order valence-electron chi connectivity index (χ2n) is 3.41. The number of carbonyl (C=O) groups is 1. The van der Waals surface area contributed by atoms with Crippen molar-refractivity contribution in [1.82, 2.24) is 15.0 Å². The zero-order valence-corrected chi connectivity index (χ0v) is 10.2. The van der Waals surface area contributed by atoms with Crippen LogP contribution in [-0.2, 0) is 0 Å². The Labute approximate surface area is 102 Å². The molecule has 0 saturated heterocycles. The van der Waals surface area contributed by atoms with Crippen molar-refractivity contribution in [3.63, 3.8) is 0 Å². The summed E-state index contributed by atoms with van der Waals surface area (Å²) in [5.41, 5.74) is 1.36. The van der Waals surface area contributed by atoms with Gasteiger partial charge in [0, 0.05) is 4.90 Å². The Kier molecular flexibility index (Phi) is 3.14. The number of benzene rings is 1. The molecule has 0 unspecified atom stereocenters. The lowest BCUT2D eigenvalue weighted by Gasteiger charge is -2.07. The number of hydrogen-bond acceptors (Lipinski definition) is 4. The van der Waals surface area contributed by atoms with Gasteiger partial charge in [-0.1, -0.05) is 17.3 Å². The Hall–Kier alpha value is -1.82. The maximum Gasteiger partial charge on any atom is 0.358 e. The van der Waals surface area contributed by atoms with E-state index in [9.17, 15) is 4.79 Å². The molecule has 0 amide bonds. The summed E-state index contributed by atoms with van der Waals surface area (Å²) in [5.74, 6) is -1.06. The fourth-order valence-electron chi connectivity index (χ4n) is 1.56. The van der Waals surface area contributed by atoms with E-state index < -0.39 is 5.97 Å². The lowest BCUT2D eigenvalue weighted by Crippen LogP contribution is -2.03. The van der Waals surface area contributed by atoms with Gasteiger partial charge in [0.05, 0.1) is 11.4 Å². The number of para-hydroxylation sites is 1. The van der Waals surface area contributed by atoms with Crippen LogP contribution in [0.1, 0.15) is 16.2 Å². The molecule has 0 aliphatic heterocycles. The molecule has 0 spiro atoms. The highest BCUT2D eigenvalue weighted by atomic mass is 32.2. The quantitative estimate of drug-likeness (QED) is 0.842. The molecule has 0 atom stereocenters. The molecule has 1 aromatic carbocycles. The first kappa shape index (κ1) is 11.7. The summed E-state index contributed by atoms with van der Waals surface area (Å²) in [6, 6.07) is 7.66. The minimum atomic E-state index is -1.06. The number of aromatic carboxylic acids is 1. The summed E-state index contributed by atoms with van der Waals surface area (Å²) in [6.45, 7) is 1.69. The first-order chi connectivity index (χ1) is 8.15. The highest BCUT2D eigenvalue weighted by Gasteiger charge is 2.17. The van der Waals surface area contributed by atoms with Crippen LogP contribution in [0.25, 0.3) is 5.69 Å². The van der Waals surface area contributed by atoms with Gasteiger partial charge in [-0.2, -0.15) is 0 Å². The largest absolute Gasteiger partial charge is 0.476 e. The third kappa shape index (κ3) is 2.03. The Morgan fingerprint density at radius 2 is 2.12 bits per heavy atom. The van der Waals surface area contributed by atoms with Gasteiger partial charge in [-0.3, -0.25) is 0 Å². The highest BCUT2D eigenvalue weighted by molar-refractivity contribution is 7.98. The fraction of sp³-hybridized carbons (Fsp3) is 0.182. The normalized spacial score (nSPS) is 10.5. The van der Waals surface area contributed by atoms with Crippen molar-refractivity contribution in [3.8, 4) is 5.69 Å². The molecule has 0 saturated carbocycles. The summed E-state index contributed by atoms with van der Waals surface area (Å²) in [7, 11) is 0. The van der Waals surface area contributed by atoms with Crippen LogP contribution in [0.2, 0.25) is 0 Å². The molecule has 88 valence electrons. The number of carboxylic acid groups (broad SMARTS) is 1. The minimum Gasteiger partial charge on any atom is -0.476 e. The summed E-state index contributed by atoms with van der Waals surface area (Å²) in [5, 5.41) is 16.5. The molecule has 0 radical (unpaired) electrons. The van der Waals surface area contributed by atoms with Crippen molar-refractivity contribution in [2.45, 2.75) is 11.8 Å². The van der Waals surface area contributed by atoms with Crippen molar-refractivity contribution in [3.05, 3.63) is 35.7 Å². The van der Waals surface area contributed by atoms with Crippen molar-refractivity contribution >= 4 is 17.7 Å². The lowest BCUT2D eigenvalue weighted by atomic mass is 10.3. The third-order valence-electron chi connectivity index (χ3n) is 2.41. The van der Waals surface area contributed by atoms with Crippen molar-refractivity contribution in [2.75, 3.05) is 6.26 Å². The van der Waals surface area contributed by atoms with Gasteiger partial charge in [0.25, 0.3) is 0 Å². The minimum absolute atomic E-state index is 0.0130. The van der Waals surface area contributed by atoms with E-state index in [0.717, 1.165) is 10.6 Å². The predicted octanol–water partition coefficient (Wildman–Crippen LogP) is 2.00. The molecular formula is C11H11N3O2S. The average Bonchev–Trinajstić information content (AvgIpc) is 2.71. The van der Waals surface area contributed by atoms with Crippen LogP contribution < -0.4 is 0 Å². The number of aromatic nitrogens is 3. The molecular weight excluding hydrogens is 238 g/mol. The molecule has 2 rings (SSSR count). The highest BCUT2D eigenvalue weighted by Crippen LogP contribution is 2.24. The van der Waals surface area contributed by atoms with Crippen LogP contribution in [-0.4, -0.2) is 32.3 Å². The van der Waals surface area contributed by atoms with E-state index >= 15 is 0 Å². The SMILES string of the molecule is CSc1ccccc1-n1nnc(C(=O)O)c1C. The number of nitrogens with zero attached hydrogens (tertiary/aromatic N) is 3. The lowest BCUT2D eigenvalue weighted by molar-refractivity contribution is 0.0689. The molecule has 1 heterocycles. The van der Waals surface area contributed by atoms with Gasteiger partial charge in [0.15, 0.2) is 5.69 Å². The van der Waals surface area contributed by atoms with Gasteiger partial charge >= 0.3 is 5.97 Å². The van der Waals surface area contributed by atoms with E-state index in [1.165, 1.54) is 0 Å². The summed E-state index contributed by atoms with van der Waals surface area (Å²) < 4.78 is 1.55. The smallest absolute Gasteiger partial charge is 0.358 e. The van der Waals surface area contributed by atoms with Gasteiger partial charge in [0.1, 0.15) is 0 Å².